The monoisotopic (exact) mass is 374 g/mol. The lowest BCUT2D eigenvalue weighted by molar-refractivity contribution is 0.293. The molecule has 0 aliphatic carbocycles. The summed E-state index contributed by atoms with van der Waals surface area (Å²) in [6.07, 6.45) is 1.97. The van der Waals surface area contributed by atoms with Crippen molar-refractivity contribution in [1.82, 2.24) is 5.32 Å². The molecule has 2 unspecified atom stereocenters. The van der Waals surface area contributed by atoms with Gasteiger partial charge in [0.05, 0.1) is 12.0 Å². The minimum absolute atomic E-state index is 0.0194. The number of halogens is 2. The topological polar surface area (TPSA) is 35.8 Å². The van der Waals surface area contributed by atoms with Gasteiger partial charge in [0, 0.05) is 28.0 Å². The minimum Gasteiger partial charge on any atom is -0.309 e. The molecule has 132 valence electrons. The quantitative estimate of drug-likeness (QED) is 0.707. The highest BCUT2D eigenvalue weighted by atomic mass is 35.5. The first-order chi connectivity index (χ1) is 12.1. The summed E-state index contributed by atoms with van der Waals surface area (Å²) >= 11 is 11.6. The SMILES string of the molecule is CCC1(CC)NCC(c2cccc(Cl)c2)C1C#N.Clc1ccccc1. The molecule has 0 amide bonds. The molecule has 1 N–H and O–H groups in total. The molecule has 0 bridgehead atoms. The Bertz CT molecular complexity index is 705. The van der Waals surface area contributed by atoms with Crippen molar-refractivity contribution in [2.75, 3.05) is 6.54 Å². The molecule has 1 saturated heterocycles. The number of nitriles is 1. The third-order valence-electron chi connectivity index (χ3n) is 5.08. The smallest absolute Gasteiger partial charge is 0.0725 e. The maximum Gasteiger partial charge on any atom is 0.0725 e. The molecule has 0 spiro atoms. The molecule has 25 heavy (non-hydrogen) atoms. The van der Waals surface area contributed by atoms with Crippen molar-refractivity contribution in [2.45, 2.75) is 38.1 Å². The fraction of sp³-hybridized carbons (Fsp3) is 0.381. The Morgan fingerprint density at radius 1 is 1.04 bits per heavy atom. The molecule has 0 aromatic heterocycles. The van der Waals surface area contributed by atoms with E-state index in [2.05, 4.69) is 31.3 Å². The van der Waals surface area contributed by atoms with Crippen molar-refractivity contribution in [2.24, 2.45) is 5.92 Å². The largest absolute Gasteiger partial charge is 0.309 e. The molecular formula is C21H24Cl2N2. The fourth-order valence-corrected chi connectivity index (χ4v) is 3.89. The van der Waals surface area contributed by atoms with E-state index in [1.807, 2.05) is 48.5 Å². The normalized spacial score (nSPS) is 21.1. The molecular weight excluding hydrogens is 351 g/mol. The Kier molecular flexibility index (Phi) is 7.32. The van der Waals surface area contributed by atoms with E-state index in [1.165, 1.54) is 5.56 Å². The number of nitrogens with one attached hydrogen (secondary N) is 1. The minimum atomic E-state index is -0.0399. The molecule has 2 atom stereocenters. The van der Waals surface area contributed by atoms with Crippen LogP contribution in [0, 0.1) is 17.2 Å². The van der Waals surface area contributed by atoms with Crippen LogP contribution >= 0.6 is 23.2 Å². The summed E-state index contributed by atoms with van der Waals surface area (Å²) in [5.41, 5.74) is 1.13. The average Bonchev–Trinajstić information content (AvgIpc) is 3.02. The van der Waals surface area contributed by atoms with E-state index in [4.69, 9.17) is 23.2 Å². The lowest BCUT2D eigenvalue weighted by Crippen LogP contribution is -2.43. The molecule has 0 radical (unpaired) electrons. The first-order valence-electron chi connectivity index (χ1n) is 8.67. The predicted octanol–water partition coefficient (Wildman–Crippen LogP) is 6.07. The van der Waals surface area contributed by atoms with E-state index in [0.717, 1.165) is 29.4 Å². The molecule has 4 heteroatoms. The van der Waals surface area contributed by atoms with Crippen LogP contribution in [0.15, 0.2) is 54.6 Å². The summed E-state index contributed by atoms with van der Waals surface area (Å²) in [7, 11) is 0. The van der Waals surface area contributed by atoms with Crippen LogP contribution in [0.25, 0.3) is 0 Å². The van der Waals surface area contributed by atoms with E-state index in [9.17, 15) is 5.26 Å². The number of benzene rings is 2. The standard InChI is InChI=1S/C15H19ClN2.C6H5Cl/c1-3-15(4-2)14(9-17)13(10-18-15)11-6-5-7-12(16)8-11;7-6-4-2-1-3-5-6/h5-8,13-14,18H,3-4,10H2,1-2H3;1-5H. The lowest BCUT2D eigenvalue weighted by atomic mass is 9.75. The van der Waals surface area contributed by atoms with Crippen LogP contribution < -0.4 is 5.32 Å². The van der Waals surface area contributed by atoms with Gasteiger partial charge >= 0.3 is 0 Å². The van der Waals surface area contributed by atoms with Crippen molar-refractivity contribution >= 4 is 23.2 Å². The number of nitrogens with zero attached hydrogens (tertiary/aromatic N) is 1. The number of hydrogen-bond acceptors (Lipinski definition) is 2. The molecule has 2 aromatic rings. The summed E-state index contributed by atoms with van der Waals surface area (Å²) in [4.78, 5) is 0. The molecule has 1 heterocycles. The lowest BCUT2D eigenvalue weighted by Gasteiger charge is -2.31. The van der Waals surface area contributed by atoms with Crippen molar-refractivity contribution in [1.29, 1.82) is 5.26 Å². The van der Waals surface area contributed by atoms with Gasteiger partial charge in [-0.05, 0) is 42.7 Å². The highest BCUT2D eigenvalue weighted by molar-refractivity contribution is 6.30. The summed E-state index contributed by atoms with van der Waals surface area (Å²) < 4.78 is 0. The van der Waals surface area contributed by atoms with Gasteiger partial charge in [-0.1, -0.05) is 67.4 Å². The highest BCUT2D eigenvalue weighted by Gasteiger charge is 2.46. The van der Waals surface area contributed by atoms with E-state index in [0.29, 0.717) is 0 Å². The van der Waals surface area contributed by atoms with Crippen LogP contribution in [0.4, 0.5) is 0 Å². The summed E-state index contributed by atoms with van der Waals surface area (Å²) in [5.74, 6) is 0.263. The number of hydrogen-bond donors (Lipinski definition) is 1. The first-order valence-corrected chi connectivity index (χ1v) is 9.42. The second-order valence-electron chi connectivity index (χ2n) is 6.31. The van der Waals surface area contributed by atoms with Crippen molar-refractivity contribution in [3.8, 4) is 6.07 Å². The zero-order valence-corrected chi connectivity index (χ0v) is 16.2. The van der Waals surface area contributed by atoms with E-state index in [1.54, 1.807) is 0 Å². The van der Waals surface area contributed by atoms with Crippen LogP contribution in [0.1, 0.15) is 38.2 Å². The Labute approximate surface area is 160 Å². The van der Waals surface area contributed by atoms with E-state index >= 15 is 0 Å². The van der Waals surface area contributed by atoms with Crippen LogP contribution in [-0.4, -0.2) is 12.1 Å². The zero-order chi connectivity index (χ0) is 18.3. The van der Waals surface area contributed by atoms with Gasteiger partial charge in [0.2, 0.25) is 0 Å². The van der Waals surface area contributed by atoms with Gasteiger partial charge < -0.3 is 5.32 Å². The molecule has 1 aliphatic rings. The summed E-state index contributed by atoms with van der Waals surface area (Å²) in [5, 5.41) is 14.7. The average molecular weight is 375 g/mol. The van der Waals surface area contributed by atoms with Gasteiger partial charge in [0.1, 0.15) is 0 Å². The van der Waals surface area contributed by atoms with Gasteiger partial charge in [-0.25, -0.2) is 0 Å². The van der Waals surface area contributed by atoms with Crippen molar-refractivity contribution in [3.63, 3.8) is 0 Å². The van der Waals surface area contributed by atoms with Crippen LogP contribution in [-0.2, 0) is 0 Å². The Balaban J connectivity index is 0.000000269. The Hall–Kier alpha value is -1.53. The molecule has 1 fully saturated rings. The van der Waals surface area contributed by atoms with Crippen LogP contribution in [0.3, 0.4) is 0 Å². The van der Waals surface area contributed by atoms with Gasteiger partial charge in [0.15, 0.2) is 0 Å². The van der Waals surface area contributed by atoms with Crippen LogP contribution in [0.2, 0.25) is 10.0 Å². The van der Waals surface area contributed by atoms with Gasteiger partial charge in [-0.2, -0.15) is 5.26 Å². The molecule has 1 aliphatic heterocycles. The van der Waals surface area contributed by atoms with Crippen LogP contribution in [0.5, 0.6) is 0 Å². The van der Waals surface area contributed by atoms with Gasteiger partial charge in [-0.3, -0.25) is 0 Å². The molecule has 2 nitrogen and oxygen atoms in total. The van der Waals surface area contributed by atoms with E-state index in [-0.39, 0.29) is 17.4 Å². The maximum absolute atomic E-state index is 9.54. The predicted molar refractivity (Wildman–Crippen MR) is 106 cm³/mol. The molecule has 0 saturated carbocycles. The summed E-state index contributed by atoms with van der Waals surface area (Å²) in [6, 6.07) is 19.9. The Morgan fingerprint density at radius 2 is 1.68 bits per heavy atom. The Morgan fingerprint density at radius 3 is 2.16 bits per heavy atom. The third kappa shape index (κ3) is 4.76. The number of rotatable bonds is 3. The second kappa shape index (κ2) is 9.25. The van der Waals surface area contributed by atoms with Crippen molar-refractivity contribution < 1.29 is 0 Å². The second-order valence-corrected chi connectivity index (χ2v) is 7.18. The van der Waals surface area contributed by atoms with Gasteiger partial charge in [-0.15, -0.1) is 0 Å². The fourth-order valence-electron chi connectivity index (χ4n) is 3.54. The molecule has 3 rings (SSSR count). The van der Waals surface area contributed by atoms with Gasteiger partial charge in [0.25, 0.3) is 0 Å². The first kappa shape index (κ1) is 19.8. The highest BCUT2D eigenvalue weighted by Crippen LogP contribution is 2.41. The zero-order valence-electron chi connectivity index (χ0n) is 14.7. The maximum atomic E-state index is 9.54. The van der Waals surface area contributed by atoms with Crippen molar-refractivity contribution in [3.05, 3.63) is 70.2 Å². The third-order valence-corrected chi connectivity index (χ3v) is 5.57. The molecule has 2 aromatic carbocycles. The van der Waals surface area contributed by atoms with E-state index < -0.39 is 0 Å². The summed E-state index contributed by atoms with van der Waals surface area (Å²) in [6.45, 7) is 5.17.